The summed E-state index contributed by atoms with van der Waals surface area (Å²) in [5.74, 6) is -1.57. The van der Waals surface area contributed by atoms with E-state index in [2.05, 4.69) is 5.10 Å². The highest BCUT2D eigenvalue weighted by molar-refractivity contribution is 5.95. The van der Waals surface area contributed by atoms with E-state index in [-0.39, 0.29) is 43.2 Å². The molecule has 0 atom stereocenters. The van der Waals surface area contributed by atoms with Crippen molar-refractivity contribution in [1.29, 1.82) is 0 Å². The van der Waals surface area contributed by atoms with Gasteiger partial charge >= 0.3 is 6.18 Å². The van der Waals surface area contributed by atoms with Crippen molar-refractivity contribution < 1.29 is 27.2 Å². The van der Waals surface area contributed by atoms with Gasteiger partial charge in [-0.05, 0) is 25.1 Å². The zero-order valence-electron chi connectivity index (χ0n) is 15.3. The lowest BCUT2D eigenvalue weighted by Crippen LogP contribution is -2.49. The van der Waals surface area contributed by atoms with E-state index in [0.717, 1.165) is 16.9 Å². The van der Waals surface area contributed by atoms with Gasteiger partial charge in [-0.3, -0.25) is 14.3 Å². The number of benzene rings is 1. The molecule has 1 aromatic heterocycles. The van der Waals surface area contributed by atoms with Gasteiger partial charge in [0, 0.05) is 45.0 Å². The van der Waals surface area contributed by atoms with Crippen LogP contribution in [0.15, 0.2) is 24.4 Å². The average molecular weight is 398 g/mol. The van der Waals surface area contributed by atoms with E-state index in [1.54, 1.807) is 4.90 Å². The van der Waals surface area contributed by atoms with Crippen molar-refractivity contribution in [1.82, 2.24) is 14.7 Å². The summed E-state index contributed by atoms with van der Waals surface area (Å²) < 4.78 is 54.5. The van der Waals surface area contributed by atoms with Crippen LogP contribution < -0.4 is 4.90 Å². The summed E-state index contributed by atoms with van der Waals surface area (Å²) >= 11 is 0. The van der Waals surface area contributed by atoms with Gasteiger partial charge in [0.2, 0.25) is 0 Å². The molecular weight excluding hydrogens is 380 g/mol. The van der Waals surface area contributed by atoms with Crippen LogP contribution in [-0.2, 0) is 13.2 Å². The third-order valence-electron chi connectivity index (χ3n) is 4.59. The highest BCUT2D eigenvalue weighted by Gasteiger charge is 2.40. The fourth-order valence-electron chi connectivity index (χ4n) is 3.16. The van der Waals surface area contributed by atoms with Gasteiger partial charge in [0.15, 0.2) is 11.5 Å². The number of Topliss-reactive ketones (excluding diaryl/α,β-unsaturated/α-hetero) is 1. The molecule has 3 rings (SSSR count). The van der Waals surface area contributed by atoms with E-state index >= 15 is 0 Å². The number of nitrogens with zero attached hydrogens (tertiary/aromatic N) is 4. The first-order chi connectivity index (χ1) is 13.1. The Labute approximate surface area is 158 Å². The molecule has 28 heavy (non-hydrogen) atoms. The highest BCUT2D eigenvalue weighted by Crippen LogP contribution is 2.31. The molecule has 0 radical (unpaired) electrons. The number of anilines is 1. The second-order valence-electron chi connectivity index (χ2n) is 6.56. The second-order valence-corrected chi connectivity index (χ2v) is 6.56. The predicted molar refractivity (Wildman–Crippen MR) is 92.7 cm³/mol. The summed E-state index contributed by atoms with van der Waals surface area (Å²) in [4.78, 5) is 26.9. The lowest BCUT2D eigenvalue weighted by atomic mass is 10.1. The Bertz CT molecular complexity index is 915. The summed E-state index contributed by atoms with van der Waals surface area (Å²) in [6, 6.07) is 4.16. The molecule has 1 fully saturated rings. The normalized spacial score (nSPS) is 15.1. The van der Waals surface area contributed by atoms with Crippen LogP contribution in [0, 0.1) is 5.82 Å². The molecule has 2 heterocycles. The Morgan fingerprint density at radius 2 is 1.75 bits per heavy atom. The summed E-state index contributed by atoms with van der Waals surface area (Å²) in [6.45, 7) is 2.12. The molecule has 150 valence electrons. The van der Waals surface area contributed by atoms with Crippen LogP contribution in [0.25, 0.3) is 0 Å². The van der Waals surface area contributed by atoms with E-state index in [9.17, 15) is 27.2 Å². The molecule has 0 spiro atoms. The van der Waals surface area contributed by atoms with E-state index < -0.39 is 29.2 Å². The zero-order chi connectivity index (χ0) is 20.6. The minimum atomic E-state index is -4.73. The number of ketones is 1. The van der Waals surface area contributed by atoms with Crippen molar-refractivity contribution in [2.75, 3.05) is 31.1 Å². The standard InChI is InChI=1S/C18H18F4N4O2/c1-11(27)12-3-4-15(14(19)9-12)25-5-7-26(8-6-25)17(28)13-10-24(2)23-16(13)18(20,21)22/h3-4,9-10H,5-8H2,1-2H3. The Morgan fingerprint density at radius 3 is 2.29 bits per heavy atom. The van der Waals surface area contributed by atoms with Crippen LogP contribution in [0.2, 0.25) is 0 Å². The Morgan fingerprint density at radius 1 is 1.11 bits per heavy atom. The molecule has 2 aromatic rings. The molecule has 1 amide bonds. The van der Waals surface area contributed by atoms with Gasteiger partial charge in [-0.25, -0.2) is 4.39 Å². The highest BCUT2D eigenvalue weighted by atomic mass is 19.4. The molecule has 0 unspecified atom stereocenters. The largest absolute Gasteiger partial charge is 0.435 e. The van der Waals surface area contributed by atoms with E-state index in [1.807, 2.05) is 0 Å². The first-order valence-corrected chi connectivity index (χ1v) is 8.53. The topological polar surface area (TPSA) is 58.4 Å². The number of aryl methyl sites for hydroxylation is 1. The van der Waals surface area contributed by atoms with Crippen molar-refractivity contribution in [3.05, 3.63) is 47.0 Å². The van der Waals surface area contributed by atoms with Crippen LogP contribution in [0.4, 0.5) is 23.2 Å². The molecule has 1 aromatic carbocycles. The second kappa shape index (κ2) is 7.25. The number of aromatic nitrogens is 2. The van der Waals surface area contributed by atoms with Gasteiger partial charge in [0.25, 0.3) is 5.91 Å². The van der Waals surface area contributed by atoms with Crippen molar-refractivity contribution in [2.24, 2.45) is 7.05 Å². The van der Waals surface area contributed by atoms with Gasteiger partial charge in [0.05, 0.1) is 11.3 Å². The molecule has 1 saturated heterocycles. The zero-order valence-corrected chi connectivity index (χ0v) is 15.3. The SMILES string of the molecule is CC(=O)c1ccc(N2CCN(C(=O)c3cn(C)nc3C(F)(F)F)CC2)c(F)c1. The lowest BCUT2D eigenvalue weighted by Gasteiger charge is -2.36. The van der Waals surface area contributed by atoms with Crippen molar-refractivity contribution in [3.63, 3.8) is 0 Å². The third-order valence-corrected chi connectivity index (χ3v) is 4.59. The predicted octanol–water partition coefficient (Wildman–Crippen LogP) is 2.74. The Kier molecular flexibility index (Phi) is 5.14. The smallest absolute Gasteiger partial charge is 0.366 e. The van der Waals surface area contributed by atoms with Crippen LogP contribution in [-0.4, -0.2) is 52.5 Å². The molecule has 10 heteroatoms. The third kappa shape index (κ3) is 3.85. The fraction of sp³-hybridized carbons (Fsp3) is 0.389. The van der Waals surface area contributed by atoms with Gasteiger partial charge in [0.1, 0.15) is 5.82 Å². The number of piperazine rings is 1. The number of rotatable bonds is 3. The van der Waals surface area contributed by atoms with E-state index in [4.69, 9.17) is 0 Å². The van der Waals surface area contributed by atoms with E-state index in [1.165, 1.54) is 31.0 Å². The molecule has 1 aliphatic rings. The maximum absolute atomic E-state index is 14.3. The summed E-state index contributed by atoms with van der Waals surface area (Å²) in [5.41, 5.74) is -1.17. The minimum Gasteiger partial charge on any atom is -0.366 e. The van der Waals surface area contributed by atoms with Crippen LogP contribution in [0.3, 0.4) is 0 Å². The Hall–Kier alpha value is -2.91. The number of carbonyl (C=O) groups excluding carboxylic acids is 2. The van der Waals surface area contributed by atoms with Crippen LogP contribution in [0.5, 0.6) is 0 Å². The number of amides is 1. The summed E-state index contributed by atoms with van der Waals surface area (Å²) in [5, 5.41) is 3.35. The van der Waals surface area contributed by atoms with Crippen LogP contribution in [0.1, 0.15) is 33.3 Å². The number of hydrogen-bond acceptors (Lipinski definition) is 4. The van der Waals surface area contributed by atoms with Gasteiger partial charge in [-0.15, -0.1) is 0 Å². The first-order valence-electron chi connectivity index (χ1n) is 8.53. The monoisotopic (exact) mass is 398 g/mol. The van der Waals surface area contributed by atoms with Gasteiger partial charge in [-0.2, -0.15) is 18.3 Å². The molecule has 0 bridgehead atoms. The van der Waals surface area contributed by atoms with Crippen LogP contribution >= 0.6 is 0 Å². The number of carbonyl (C=O) groups is 2. The fourth-order valence-corrected chi connectivity index (χ4v) is 3.16. The number of alkyl halides is 3. The quantitative estimate of drug-likeness (QED) is 0.589. The maximum atomic E-state index is 14.3. The minimum absolute atomic E-state index is 0.138. The van der Waals surface area contributed by atoms with Crippen molar-refractivity contribution in [3.8, 4) is 0 Å². The Balaban J connectivity index is 1.73. The molecule has 0 saturated carbocycles. The average Bonchev–Trinajstić information content (AvgIpc) is 3.03. The molecule has 6 nitrogen and oxygen atoms in total. The van der Waals surface area contributed by atoms with Gasteiger partial charge in [-0.1, -0.05) is 0 Å². The molecular formula is C18H18F4N4O2. The lowest BCUT2D eigenvalue weighted by molar-refractivity contribution is -0.141. The van der Waals surface area contributed by atoms with Crippen molar-refractivity contribution >= 4 is 17.4 Å². The maximum Gasteiger partial charge on any atom is 0.435 e. The summed E-state index contributed by atoms with van der Waals surface area (Å²) in [7, 11) is 1.32. The molecule has 1 aliphatic heterocycles. The molecule has 0 aliphatic carbocycles. The van der Waals surface area contributed by atoms with Gasteiger partial charge < -0.3 is 9.80 Å². The number of hydrogen-bond donors (Lipinski definition) is 0. The van der Waals surface area contributed by atoms with E-state index in [0.29, 0.717) is 0 Å². The first kappa shape index (κ1) is 19.8. The number of halogens is 4. The molecule has 0 N–H and O–H groups in total. The van der Waals surface area contributed by atoms with Crippen molar-refractivity contribution in [2.45, 2.75) is 13.1 Å². The summed E-state index contributed by atoms with van der Waals surface area (Å²) in [6.07, 6.45) is -3.67.